The smallest absolute Gasteiger partial charge is 0.294 e. The third-order valence-electron chi connectivity index (χ3n) is 4.21. The quantitative estimate of drug-likeness (QED) is 0.675. The minimum Gasteiger partial charge on any atom is -0.486 e. The van der Waals surface area contributed by atoms with Gasteiger partial charge in [-0.2, -0.15) is 0 Å². The van der Waals surface area contributed by atoms with Gasteiger partial charge in [0, 0.05) is 18.3 Å². The molecule has 0 bridgehead atoms. The van der Waals surface area contributed by atoms with Gasteiger partial charge in [-0.1, -0.05) is 42.5 Å². The third-order valence-corrected chi connectivity index (χ3v) is 4.21. The fraction of sp³-hybridized carbons (Fsp3) is 0.136. The van der Waals surface area contributed by atoms with E-state index in [1.165, 1.54) is 6.26 Å². The zero-order chi connectivity index (χ0) is 18.5. The first-order valence-corrected chi connectivity index (χ1v) is 8.78. The highest BCUT2D eigenvalue weighted by molar-refractivity contribution is 6.04. The third kappa shape index (κ3) is 3.87. The molecular formula is C22H19NO4. The molecule has 0 atom stereocenters. The average Bonchev–Trinajstić information content (AvgIpc) is 3.26. The molecule has 5 nitrogen and oxygen atoms in total. The molecule has 2 aromatic carbocycles. The fourth-order valence-electron chi connectivity index (χ4n) is 2.90. The summed E-state index contributed by atoms with van der Waals surface area (Å²) in [4.78, 5) is 14.6. The lowest BCUT2D eigenvalue weighted by Crippen LogP contribution is -2.31. The van der Waals surface area contributed by atoms with Crippen LogP contribution in [0.1, 0.15) is 16.1 Å². The van der Waals surface area contributed by atoms with Crippen LogP contribution in [0.15, 0.2) is 77.4 Å². The second-order valence-electron chi connectivity index (χ2n) is 6.03. The lowest BCUT2D eigenvalue weighted by Gasteiger charge is -2.24. The van der Waals surface area contributed by atoms with Crippen LogP contribution in [0.2, 0.25) is 0 Å². The molecule has 0 unspecified atom stereocenters. The molecule has 0 fully saturated rings. The monoisotopic (exact) mass is 361 g/mol. The van der Waals surface area contributed by atoms with Gasteiger partial charge in [0.1, 0.15) is 13.2 Å². The summed E-state index contributed by atoms with van der Waals surface area (Å²) in [6.45, 7) is 1.42. The summed E-state index contributed by atoms with van der Waals surface area (Å²) in [6.07, 6.45) is 5.43. The standard InChI is InChI=1S/C22H19NO4/c24-22(20-9-5-13-25-20)23(12-4-8-17-6-2-1-3-7-17)18-10-11-19-21(16-18)27-15-14-26-19/h1-11,13,16H,12,14-15H2. The highest BCUT2D eigenvalue weighted by atomic mass is 16.6. The number of anilines is 1. The van der Waals surface area contributed by atoms with Crippen LogP contribution in [-0.4, -0.2) is 25.7 Å². The van der Waals surface area contributed by atoms with Crippen molar-refractivity contribution in [3.8, 4) is 11.5 Å². The van der Waals surface area contributed by atoms with Crippen LogP contribution in [-0.2, 0) is 0 Å². The number of furan rings is 1. The Hall–Kier alpha value is -3.47. The molecule has 0 radical (unpaired) electrons. The number of hydrogen-bond acceptors (Lipinski definition) is 4. The van der Waals surface area contributed by atoms with Crippen molar-refractivity contribution in [1.29, 1.82) is 0 Å². The fourth-order valence-corrected chi connectivity index (χ4v) is 2.90. The predicted octanol–water partition coefficient (Wildman–Crippen LogP) is 4.41. The van der Waals surface area contributed by atoms with Crippen LogP contribution in [0.4, 0.5) is 5.69 Å². The van der Waals surface area contributed by atoms with E-state index in [1.807, 2.05) is 60.7 Å². The van der Waals surface area contributed by atoms with E-state index in [0.29, 0.717) is 31.3 Å². The maximum Gasteiger partial charge on any atom is 0.294 e. The number of nitrogens with zero attached hydrogens (tertiary/aromatic N) is 1. The Morgan fingerprint density at radius 1 is 0.963 bits per heavy atom. The summed E-state index contributed by atoms with van der Waals surface area (Å²) in [5.41, 5.74) is 1.79. The zero-order valence-electron chi connectivity index (χ0n) is 14.7. The number of carbonyl (C=O) groups excluding carboxylic acids is 1. The summed E-state index contributed by atoms with van der Waals surface area (Å²) in [5.74, 6) is 1.41. The molecule has 0 aliphatic carbocycles. The molecule has 1 amide bonds. The van der Waals surface area contributed by atoms with Crippen molar-refractivity contribution in [2.24, 2.45) is 0 Å². The Bertz CT molecular complexity index is 932. The molecule has 5 heteroatoms. The molecule has 0 N–H and O–H groups in total. The lowest BCUT2D eigenvalue weighted by atomic mass is 10.2. The minimum atomic E-state index is -0.214. The molecule has 3 aromatic rings. The van der Waals surface area contributed by atoms with Gasteiger partial charge < -0.3 is 18.8 Å². The summed E-state index contributed by atoms with van der Waals surface area (Å²) in [6, 6.07) is 18.8. The van der Waals surface area contributed by atoms with E-state index in [4.69, 9.17) is 13.9 Å². The predicted molar refractivity (Wildman–Crippen MR) is 103 cm³/mol. The molecule has 4 rings (SSSR count). The molecule has 0 saturated heterocycles. The van der Waals surface area contributed by atoms with Gasteiger partial charge in [0.15, 0.2) is 17.3 Å². The molecule has 1 aromatic heterocycles. The van der Waals surface area contributed by atoms with Crippen LogP contribution in [0.25, 0.3) is 6.08 Å². The Labute approximate surface area is 157 Å². The van der Waals surface area contributed by atoms with E-state index >= 15 is 0 Å². The van der Waals surface area contributed by atoms with Gasteiger partial charge in [0.25, 0.3) is 5.91 Å². The zero-order valence-corrected chi connectivity index (χ0v) is 14.7. The van der Waals surface area contributed by atoms with E-state index in [2.05, 4.69) is 0 Å². The van der Waals surface area contributed by atoms with E-state index in [1.54, 1.807) is 17.0 Å². The largest absolute Gasteiger partial charge is 0.486 e. The first kappa shape index (κ1) is 17.0. The van der Waals surface area contributed by atoms with E-state index in [9.17, 15) is 4.79 Å². The highest BCUT2D eigenvalue weighted by Gasteiger charge is 2.21. The van der Waals surface area contributed by atoms with Crippen LogP contribution in [0, 0.1) is 0 Å². The summed E-state index contributed by atoms with van der Waals surface area (Å²) >= 11 is 0. The van der Waals surface area contributed by atoms with Crippen molar-refractivity contribution in [2.75, 3.05) is 24.7 Å². The van der Waals surface area contributed by atoms with Gasteiger partial charge in [0.05, 0.1) is 6.26 Å². The number of fused-ring (bicyclic) bond motifs is 1. The van der Waals surface area contributed by atoms with Gasteiger partial charge in [0.2, 0.25) is 0 Å². The summed E-state index contributed by atoms with van der Waals surface area (Å²) in [5, 5.41) is 0. The van der Waals surface area contributed by atoms with Crippen molar-refractivity contribution in [3.05, 3.63) is 84.3 Å². The van der Waals surface area contributed by atoms with E-state index in [0.717, 1.165) is 11.3 Å². The molecule has 136 valence electrons. The van der Waals surface area contributed by atoms with Crippen molar-refractivity contribution < 1.29 is 18.7 Å². The number of carbonyl (C=O) groups is 1. The van der Waals surface area contributed by atoms with Gasteiger partial charge in [-0.3, -0.25) is 4.79 Å². The van der Waals surface area contributed by atoms with Crippen molar-refractivity contribution in [3.63, 3.8) is 0 Å². The lowest BCUT2D eigenvalue weighted by molar-refractivity contribution is 0.0963. The van der Waals surface area contributed by atoms with Crippen LogP contribution >= 0.6 is 0 Å². The first-order chi connectivity index (χ1) is 13.3. The van der Waals surface area contributed by atoms with Gasteiger partial charge in [-0.25, -0.2) is 0 Å². The van der Waals surface area contributed by atoms with Crippen molar-refractivity contribution in [1.82, 2.24) is 0 Å². The van der Waals surface area contributed by atoms with Crippen molar-refractivity contribution in [2.45, 2.75) is 0 Å². The SMILES string of the molecule is O=C(c1ccco1)N(CC=Cc1ccccc1)c1ccc2c(c1)OCCO2. The average molecular weight is 361 g/mol. The van der Waals surface area contributed by atoms with Gasteiger partial charge >= 0.3 is 0 Å². The Morgan fingerprint density at radius 2 is 1.78 bits per heavy atom. The van der Waals surface area contributed by atoms with Crippen LogP contribution in [0.3, 0.4) is 0 Å². The van der Waals surface area contributed by atoms with Crippen LogP contribution < -0.4 is 14.4 Å². The Balaban J connectivity index is 1.61. The molecule has 1 aliphatic rings. The maximum atomic E-state index is 12.9. The van der Waals surface area contributed by atoms with Gasteiger partial charge in [-0.15, -0.1) is 0 Å². The van der Waals surface area contributed by atoms with E-state index in [-0.39, 0.29) is 11.7 Å². The summed E-state index contributed by atoms with van der Waals surface area (Å²) < 4.78 is 16.5. The minimum absolute atomic E-state index is 0.214. The number of rotatable bonds is 5. The van der Waals surface area contributed by atoms with Gasteiger partial charge in [-0.05, 0) is 29.8 Å². The normalized spacial score (nSPS) is 12.9. The van der Waals surface area contributed by atoms with Crippen molar-refractivity contribution >= 4 is 17.7 Å². The number of ether oxygens (including phenoxy) is 2. The summed E-state index contributed by atoms with van der Waals surface area (Å²) in [7, 11) is 0. The number of amides is 1. The second kappa shape index (κ2) is 7.83. The Kier molecular flexibility index (Phi) is 4.92. The topological polar surface area (TPSA) is 51.9 Å². The molecule has 1 aliphatic heterocycles. The molecule has 2 heterocycles. The maximum absolute atomic E-state index is 12.9. The van der Waals surface area contributed by atoms with Crippen LogP contribution in [0.5, 0.6) is 11.5 Å². The highest BCUT2D eigenvalue weighted by Crippen LogP contribution is 2.34. The second-order valence-corrected chi connectivity index (χ2v) is 6.03. The number of benzene rings is 2. The Morgan fingerprint density at radius 3 is 2.56 bits per heavy atom. The first-order valence-electron chi connectivity index (χ1n) is 8.78. The molecule has 27 heavy (non-hydrogen) atoms. The molecule has 0 saturated carbocycles. The molecule has 0 spiro atoms. The molecular weight excluding hydrogens is 342 g/mol. The van der Waals surface area contributed by atoms with E-state index < -0.39 is 0 Å². The number of hydrogen-bond donors (Lipinski definition) is 0.